The van der Waals surface area contributed by atoms with Gasteiger partial charge in [-0.1, -0.05) is 67.1 Å². The maximum Gasteiger partial charge on any atom is 0.264 e. The molecule has 1 saturated heterocycles. The summed E-state index contributed by atoms with van der Waals surface area (Å²) in [4.78, 5) is 17.6. The van der Waals surface area contributed by atoms with Gasteiger partial charge in [-0.05, 0) is 66.1 Å². The molecule has 4 nitrogen and oxygen atoms in total. The number of benzene rings is 3. The zero-order valence-electron chi connectivity index (χ0n) is 17.6. The quantitative estimate of drug-likeness (QED) is 0.488. The Morgan fingerprint density at radius 2 is 1.74 bits per heavy atom. The van der Waals surface area contributed by atoms with E-state index in [1.165, 1.54) is 17.3 Å². The van der Waals surface area contributed by atoms with Gasteiger partial charge in [-0.3, -0.25) is 4.79 Å². The summed E-state index contributed by atoms with van der Waals surface area (Å²) in [6, 6.07) is 24.0. The summed E-state index contributed by atoms with van der Waals surface area (Å²) in [6.45, 7) is 4.69. The van der Waals surface area contributed by atoms with Crippen molar-refractivity contribution in [3.63, 3.8) is 0 Å². The number of thioether (sulfide) groups is 1. The molecule has 0 atom stereocenters. The van der Waals surface area contributed by atoms with Gasteiger partial charge in [0.15, 0.2) is 5.17 Å². The molecule has 0 unspecified atom stereocenters. The predicted molar refractivity (Wildman–Crippen MR) is 129 cm³/mol. The van der Waals surface area contributed by atoms with Crippen molar-refractivity contribution < 1.29 is 9.53 Å². The molecule has 0 spiro atoms. The lowest BCUT2D eigenvalue weighted by Crippen LogP contribution is -2.19. The van der Waals surface area contributed by atoms with Gasteiger partial charge in [-0.15, -0.1) is 0 Å². The van der Waals surface area contributed by atoms with Crippen LogP contribution in [0.25, 0.3) is 6.08 Å². The molecule has 0 aromatic heterocycles. The highest BCUT2D eigenvalue weighted by atomic mass is 32.2. The number of aliphatic imine (C=N–C) groups is 1. The number of carbonyl (C=O) groups excluding carboxylic acids is 1. The Hall–Kier alpha value is -3.31. The molecular weight excluding hydrogens is 404 g/mol. The normalized spacial score (nSPS) is 16.0. The van der Waals surface area contributed by atoms with E-state index in [1.807, 2.05) is 48.5 Å². The monoisotopic (exact) mass is 428 g/mol. The van der Waals surface area contributed by atoms with Gasteiger partial charge < -0.3 is 10.1 Å². The number of aryl methyl sites for hydroxylation is 2. The van der Waals surface area contributed by atoms with Gasteiger partial charge >= 0.3 is 0 Å². The maximum absolute atomic E-state index is 12.4. The Kier molecular flexibility index (Phi) is 6.53. The zero-order valence-corrected chi connectivity index (χ0v) is 18.4. The number of rotatable bonds is 6. The molecule has 3 aromatic carbocycles. The molecule has 1 fully saturated rings. The van der Waals surface area contributed by atoms with Crippen molar-refractivity contribution in [3.05, 3.63) is 100.0 Å². The van der Waals surface area contributed by atoms with Crippen LogP contribution >= 0.6 is 11.8 Å². The largest absolute Gasteiger partial charge is 0.489 e. The minimum Gasteiger partial charge on any atom is -0.489 e. The van der Waals surface area contributed by atoms with Crippen molar-refractivity contribution in [1.29, 1.82) is 0 Å². The number of hydrogen-bond acceptors (Lipinski definition) is 4. The molecule has 1 heterocycles. The molecular formula is C26H24N2O2S. The molecule has 0 radical (unpaired) electrons. The van der Waals surface area contributed by atoms with E-state index in [-0.39, 0.29) is 5.91 Å². The minimum atomic E-state index is -0.127. The topological polar surface area (TPSA) is 50.7 Å². The van der Waals surface area contributed by atoms with Crippen LogP contribution in [0.3, 0.4) is 0 Å². The highest BCUT2D eigenvalue weighted by molar-refractivity contribution is 8.18. The second-order valence-electron chi connectivity index (χ2n) is 7.31. The Balaban J connectivity index is 1.42. The van der Waals surface area contributed by atoms with Gasteiger partial charge in [0.2, 0.25) is 0 Å². The van der Waals surface area contributed by atoms with Crippen molar-refractivity contribution in [2.24, 2.45) is 4.99 Å². The van der Waals surface area contributed by atoms with Crippen molar-refractivity contribution in [1.82, 2.24) is 5.32 Å². The smallest absolute Gasteiger partial charge is 0.264 e. The standard InChI is InChI=1S/C26H24N2O2S/c1-3-21-6-4-5-7-23(21)27-26-28-25(29)24(31-26)16-19-12-14-22(15-13-19)30-17-20-10-8-18(2)9-11-20/h4-16H,3,17H2,1-2H3,(H,27,28,29). The van der Waals surface area contributed by atoms with Gasteiger partial charge in [0.05, 0.1) is 10.6 Å². The average Bonchev–Trinajstić information content (AvgIpc) is 3.13. The van der Waals surface area contributed by atoms with Crippen LogP contribution in [0.4, 0.5) is 5.69 Å². The number of carbonyl (C=O) groups is 1. The van der Waals surface area contributed by atoms with E-state index in [1.54, 1.807) is 0 Å². The van der Waals surface area contributed by atoms with Crippen LogP contribution in [0, 0.1) is 6.92 Å². The van der Waals surface area contributed by atoms with Gasteiger partial charge in [0.25, 0.3) is 5.91 Å². The summed E-state index contributed by atoms with van der Waals surface area (Å²) in [5, 5.41) is 3.47. The van der Waals surface area contributed by atoms with Crippen LogP contribution < -0.4 is 10.1 Å². The number of hydrogen-bond donors (Lipinski definition) is 1. The summed E-state index contributed by atoms with van der Waals surface area (Å²) < 4.78 is 5.86. The van der Waals surface area contributed by atoms with Crippen molar-refractivity contribution in [2.45, 2.75) is 26.9 Å². The van der Waals surface area contributed by atoms with Crippen molar-refractivity contribution >= 4 is 34.6 Å². The number of ether oxygens (including phenoxy) is 1. The molecule has 0 aliphatic carbocycles. The third-order valence-electron chi connectivity index (χ3n) is 4.95. The first kappa shape index (κ1) is 20.9. The number of amides is 1. The van der Waals surface area contributed by atoms with Crippen molar-refractivity contribution in [3.8, 4) is 5.75 Å². The second-order valence-corrected chi connectivity index (χ2v) is 8.34. The fraction of sp³-hybridized carbons (Fsp3) is 0.154. The van der Waals surface area contributed by atoms with Crippen LogP contribution in [-0.4, -0.2) is 11.1 Å². The summed E-state index contributed by atoms with van der Waals surface area (Å²) in [7, 11) is 0. The maximum atomic E-state index is 12.4. The van der Waals surface area contributed by atoms with E-state index in [9.17, 15) is 4.79 Å². The predicted octanol–water partition coefficient (Wildman–Crippen LogP) is 6.03. The molecule has 1 N–H and O–H groups in total. The molecule has 4 rings (SSSR count). The number of amidine groups is 1. The van der Waals surface area contributed by atoms with Crippen LogP contribution in [-0.2, 0) is 17.8 Å². The molecule has 5 heteroatoms. The van der Waals surface area contributed by atoms with E-state index in [2.05, 4.69) is 54.5 Å². The Morgan fingerprint density at radius 1 is 1.00 bits per heavy atom. The fourth-order valence-corrected chi connectivity index (χ4v) is 4.01. The second kappa shape index (κ2) is 9.67. The molecule has 31 heavy (non-hydrogen) atoms. The number of nitrogens with zero attached hydrogens (tertiary/aromatic N) is 1. The van der Waals surface area contributed by atoms with Crippen LogP contribution in [0.2, 0.25) is 0 Å². The number of para-hydroxylation sites is 1. The molecule has 1 aliphatic rings. The first-order valence-corrected chi connectivity index (χ1v) is 11.1. The highest BCUT2D eigenvalue weighted by Gasteiger charge is 2.24. The summed E-state index contributed by atoms with van der Waals surface area (Å²) >= 11 is 1.36. The minimum absolute atomic E-state index is 0.127. The van der Waals surface area contributed by atoms with Crippen molar-refractivity contribution in [2.75, 3.05) is 0 Å². The zero-order chi connectivity index (χ0) is 21.6. The fourth-order valence-electron chi connectivity index (χ4n) is 3.17. The SMILES string of the molecule is CCc1ccccc1N=C1NC(=O)C(=Cc2ccc(OCc3ccc(C)cc3)cc2)S1. The molecule has 0 bridgehead atoms. The van der Waals surface area contributed by atoms with Gasteiger partial charge in [-0.25, -0.2) is 4.99 Å². The lowest BCUT2D eigenvalue weighted by Gasteiger charge is -2.07. The molecule has 1 aliphatic heterocycles. The highest BCUT2D eigenvalue weighted by Crippen LogP contribution is 2.29. The Bertz CT molecular complexity index is 1130. The average molecular weight is 429 g/mol. The van der Waals surface area contributed by atoms with E-state index in [0.717, 1.165) is 34.5 Å². The molecule has 156 valence electrons. The van der Waals surface area contributed by atoms with Gasteiger partial charge in [-0.2, -0.15) is 0 Å². The first-order valence-electron chi connectivity index (χ1n) is 10.3. The van der Waals surface area contributed by atoms with Gasteiger partial charge in [0, 0.05) is 0 Å². The first-order chi connectivity index (χ1) is 15.1. The lowest BCUT2D eigenvalue weighted by molar-refractivity contribution is -0.115. The summed E-state index contributed by atoms with van der Waals surface area (Å²) in [6.07, 6.45) is 2.77. The third-order valence-corrected chi connectivity index (χ3v) is 5.86. The van der Waals surface area contributed by atoms with Crippen LogP contribution in [0.15, 0.2) is 82.7 Å². The van der Waals surface area contributed by atoms with Gasteiger partial charge in [0.1, 0.15) is 12.4 Å². The van der Waals surface area contributed by atoms with E-state index < -0.39 is 0 Å². The number of nitrogens with one attached hydrogen (secondary N) is 1. The third kappa shape index (κ3) is 5.44. The lowest BCUT2D eigenvalue weighted by atomic mass is 10.1. The van der Waals surface area contributed by atoms with E-state index in [4.69, 9.17) is 4.74 Å². The molecule has 3 aromatic rings. The van der Waals surface area contributed by atoms with Crippen LogP contribution in [0.5, 0.6) is 5.75 Å². The summed E-state index contributed by atoms with van der Waals surface area (Å²) in [5.41, 5.74) is 5.35. The van der Waals surface area contributed by atoms with Crippen LogP contribution in [0.1, 0.15) is 29.2 Å². The molecule has 1 amide bonds. The van der Waals surface area contributed by atoms with E-state index in [0.29, 0.717) is 16.7 Å². The summed E-state index contributed by atoms with van der Waals surface area (Å²) in [5.74, 6) is 0.669. The van der Waals surface area contributed by atoms with E-state index >= 15 is 0 Å². The molecule has 0 saturated carbocycles. The Morgan fingerprint density at radius 3 is 2.48 bits per heavy atom. The Labute approximate surface area is 187 Å².